The van der Waals surface area contributed by atoms with E-state index >= 15 is 0 Å². The van der Waals surface area contributed by atoms with Crippen molar-refractivity contribution in [2.75, 3.05) is 10.6 Å². The predicted octanol–water partition coefficient (Wildman–Crippen LogP) is 5.26. The van der Waals surface area contributed by atoms with Crippen molar-refractivity contribution in [3.8, 4) is 6.07 Å². The van der Waals surface area contributed by atoms with E-state index in [-0.39, 0.29) is 5.91 Å². The minimum atomic E-state index is -0.356. The van der Waals surface area contributed by atoms with Gasteiger partial charge in [-0.25, -0.2) is 4.98 Å². The van der Waals surface area contributed by atoms with Gasteiger partial charge in [-0.3, -0.25) is 4.79 Å². The topological polar surface area (TPSA) is 77.8 Å². The molecule has 0 atom stereocenters. The van der Waals surface area contributed by atoms with Crippen molar-refractivity contribution < 1.29 is 4.79 Å². The van der Waals surface area contributed by atoms with Gasteiger partial charge in [0.25, 0.3) is 5.91 Å². The molecule has 5 nitrogen and oxygen atoms in total. The van der Waals surface area contributed by atoms with Crippen LogP contribution in [-0.2, 0) is 0 Å². The minimum Gasteiger partial charge on any atom is -0.340 e. The van der Waals surface area contributed by atoms with Crippen molar-refractivity contribution >= 4 is 46.3 Å². The van der Waals surface area contributed by atoms with Crippen LogP contribution in [0.2, 0.25) is 10.0 Å². The van der Waals surface area contributed by atoms with E-state index in [2.05, 4.69) is 21.7 Å². The lowest BCUT2D eigenvalue weighted by Gasteiger charge is -2.10. The Kier molecular flexibility index (Phi) is 5.37. The van der Waals surface area contributed by atoms with E-state index in [1.54, 1.807) is 54.6 Å². The van der Waals surface area contributed by atoms with Gasteiger partial charge in [0.05, 0.1) is 27.4 Å². The van der Waals surface area contributed by atoms with Gasteiger partial charge >= 0.3 is 0 Å². The van der Waals surface area contributed by atoms with Crippen molar-refractivity contribution in [3.05, 3.63) is 82.0 Å². The van der Waals surface area contributed by atoms with Crippen molar-refractivity contribution in [3.63, 3.8) is 0 Å². The van der Waals surface area contributed by atoms with Gasteiger partial charge < -0.3 is 10.6 Å². The summed E-state index contributed by atoms with van der Waals surface area (Å²) in [7, 11) is 0. The van der Waals surface area contributed by atoms with Gasteiger partial charge in [0, 0.05) is 17.4 Å². The summed E-state index contributed by atoms with van der Waals surface area (Å²) in [4.78, 5) is 16.7. The summed E-state index contributed by atoms with van der Waals surface area (Å²) in [5, 5.41) is 15.3. The Bertz CT molecular complexity index is 977. The van der Waals surface area contributed by atoms with Crippen molar-refractivity contribution in [2.24, 2.45) is 0 Å². The molecule has 0 aliphatic heterocycles. The molecule has 7 heteroatoms. The Hall–Kier alpha value is -3.07. The Balaban J connectivity index is 1.78. The Morgan fingerprint density at radius 1 is 1.04 bits per heavy atom. The van der Waals surface area contributed by atoms with E-state index in [0.717, 1.165) is 5.69 Å². The van der Waals surface area contributed by atoms with Crippen LogP contribution in [0.4, 0.5) is 17.2 Å². The zero-order chi connectivity index (χ0) is 18.5. The number of carbonyl (C=O) groups is 1. The molecule has 2 aromatic carbocycles. The molecular weight excluding hydrogens is 371 g/mol. The third kappa shape index (κ3) is 4.12. The minimum absolute atomic E-state index is 0.356. The first-order valence-electron chi connectivity index (χ1n) is 7.55. The summed E-state index contributed by atoms with van der Waals surface area (Å²) in [6.07, 6.45) is 1.52. The number of hydrogen-bond acceptors (Lipinski definition) is 4. The summed E-state index contributed by atoms with van der Waals surface area (Å²) in [6, 6.07) is 17.2. The fourth-order valence-electron chi connectivity index (χ4n) is 2.22. The van der Waals surface area contributed by atoms with Gasteiger partial charge in [0.1, 0.15) is 5.82 Å². The Labute approximate surface area is 160 Å². The molecule has 0 radical (unpaired) electrons. The van der Waals surface area contributed by atoms with Crippen LogP contribution in [0.5, 0.6) is 0 Å². The quantitative estimate of drug-likeness (QED) is 0.645. The molecule has 26 heavy (non-hydrogen) atoms. The first-order chi connectivity index (χ1) is 12.6. The molecule has 0 fully saturated rings. The van der Waals surface area contributed by atoms with Crippen molar-refractivity contribution in [1.29, 1.82) is 5.26 Å². The van der Waals surface area contributed by atoms with Crippen LogP contribution in [0.3, 0.4) is 0 Å². The molecule has 1 amide bonds. The van der Waals surface area contributed by atoms with Crippen molar-refractivity contribution in [1.82, 2.24) is 4.98 Å². The van der Waals surface area contributed by atoms with E-state index in [1.165, 1.54) is 6.20 Å². The molecule has 0 saturated carbocycles. The van der Waals surface area contributed by atoms with Crippen LogP contribution in [-0.4, -0.2) is 10.9 Å². The second kappa shape index (κ2) is 7.87. The SMILES string of the molecule is N#Cc1ccc(Nc2cc(C(=O)Nc3c(Cl)cccc3Cl)ccn2)cc1. The Morgan fingerprint density at radius 2 is 1.73 bits per heavy atom. The number of para-hydroxylation sites is 1. The van der Waals surface area contributed by atoms with Crippen LogP contribution in [0.15, 0.2) is 60.8 Å². The fourth-order valence-corrected chi connectivity index (χ4v) is 2.71. The second-order valence-electron chi connectivity index (χ2n) is 5.29. The number of aromatic nitrogens is 1. The van der Waals surface area contributed by atoms with Crippen LogP contribution >= 0.6 is 23.2 Å². The van der Waals surface area contributed by atoms with Gasteiger partial charge in [-0.15, -0.1) is 0 Å². The monoisotopic (exact) mass is 382 g/mol. The summed E-state index contributed by atoms with van der Waals surface area (Å²) in [5.74, 6) is 0.137. The van der Waals surface area contributed by atoms with Crippen LogP contribution < -0.4 is 10.6 Å². The number of pyridine rings is 1. The zero-order valence-corrected chi connectivity index (χ0v) is 14.8. The third-order valence-corrected chi connectivity index (χ3v) is 4.14. The largest absolute Gasteiger partial charge is 0.340 e. The number of hydrogen-bond donors (Lipinski definition) is 2. The number of carbonyl (C=O) groups excluding carboxylic acids is 1. The van der Waals surface area contributed by atoms with Gasteiger partial charge in [-0.1, -0.05) is 29.3 Å². The molecule has 0 aliphatic rings. The highest BCUT2D eigenvalue weighted by atomic mass is 35.5. The molecular formula is C19H12Cl2N4O. The first-order valence-corrected chi connectivity index (χ1v) is 8.31. The van der Waals surface area contributed by atoms with Gasteiger partial charge in [0.2, 0.25) is 0 Å². The summed E-state index contributed by atoms with van der Waals surface area (Å²) < 4.78 is 0. The molecule has 3 aromatic rings. The number of nitriles is 1. The number of rotatable bonds is 4. The highest BCUT2D eigenvalue weighted by Gasteiger charge is 2.12. The summed E-state index contributed by atoms with van der Waals surface area (Å²) in [5.41, 5.74) is 2.07. The van der Waals surface area contributed by atoms with E-state index in [0.29, 0.717) is 32.7 Å². The number of nitrogens with one attached hydrogen (secondary N) is 2. The van der Waals surface area contributed by atoms with E-state index in [4.69, 9.17) is 28.5 Å². The molecule has 0 spiro atoms. The maximum Gasteiger partial charge on any atom is 0.255 e. The third-order valence-electron chi connectivity index (χ3n) is 3.51. The predicted molar refractivity (Wildman–Crippen MR) is 103 cm³/mol. The second-order valence-corrected chi connectivity index (χ2v) is 6.11. The van der Waals surface area contributed by atoms with Crippen molar-refractivity contribution in [2.45, 2.75) is 0 Å². The molecule has 3 rings (SSSR count). The number of halogens is 2. The molecule has 0 saturated heterocycles. The normalized spacial score (nSPS) is 10.0. The Morgan fingerprint density at radius 3 is 2.38 bits per heavy atom. The molecule has 0 aliphatic carbocycles. The fraction of sp³-hybridized carbons (Fsp3) is 0. The summed E-state index contributed by atoms with van der Waals surface area (Å²) >= 11 is 12.2. The highest BCUT2D eigenvalue weighted by molar-refractivity contribution is 6.40. The average Bonchev–Trinajstić information content (AvgIpc) is 2.65. The van der Waals surface area contributed by atoms with E-state index < -0.39 is 0 Å². The lowest BCUT2D eigenvalue weighted by atomic mass is 10.2. The number of anilines is 3. The number of nitrogens with zero attached hydrogens (tertiary/aromatic N) is 2. The van der Waals surface area contributed by atoms with Gasteiger partial charge in [-0.05, 0) is 48.5 Å². The average molecular weight is 383 g/mol. The maximum absolute atomic E-state index is 12.5. The number of benzene rings is 2. The van der Waals surface area contributed by atoms with E-state index in [1.807, 2.05) is 0 Å². The van der Waals surface area contributed by atoms with Crippen LogP contribution in [0.1, 0.15) is 15.9 Å². The van der Waals surface area contributed by atoms with Crippen LogP contribution in [0, 0.1) is 11.3 Å². The van der Waals surface area contributed by atoms with E-state index in [9.17, 15) is 4.79 Å². The lowest BCUT2D eigenvalue weighted by Crippen LogP contribution is -2.13. The standard InChI is InChI=1S/C19H12Cl2N4O/c20-15-2-1-3-16(21)18(15)25-19(26)13-8-9-23-17(10-13)24-14-6-4-12(11-22)5-7-14/h1-10H,(H,23,24)(H,25,26). The van der Waals surface area contributed by atoms with Crippen LogP contribution in [0.25, 0.3) is 0 Å². The molecule has 1 aromatic heterocycles. The summed E-state index contributed by atoms with van der Waals surface area (Å²) in [6.45, 7) is 0. The lowest BCUT2D eigenvalue weighted by molar-refractivity contribution is 0.102. The smallest absolute Gasteiger partial charge is 0.255 e. The molecule has 2 N–H and O–H groups in total. The number of amides is 1. The zero-order valence-electron chi connectivity index (χ0n) is 13.3. The molecule has 0 bridgehead atoms. The maximum atomic E-state index is 12.5. The highest BCUT2D eigenvalue weighted by Crippen LogP contribution is 2.30. The first kappa shape index (κ1) is 17.7. The van der Waals surface area contributed by atoms with Gasteiger partial charge in [0.15, 0.2) is 0 Å². The van der Waals surface area contributed by atoms with Gasteiger partial charge in [-0.2, -0.15) is 5.26 Å². The molecule has 1 heterocycles. The molecule has 0 unspecified atom stereocenters. The molecule has 128 valence electrons.